The topological polar surface area (TPSA) is 9.23 Å². The zero-order chi connectivity index (χ0) is 13.8. The van der Waals surface area contributed by atoms with Crippen LogP contribution in [0, 0.1) is 17.5 Å². The van der Waals surface area contributed by atoms with Crippen LogP contribution in [0.1, 0.15) is 5.56 Å². The van der Waals surface area contributed by atoms with E-state index in [0.29, 0.717) is 10.9 Å². The minimum absolute atomic E-state index is 0.112. The molecular formula is C14H10BrF3O. The van der Waals surface area contributed by atoms with E-state index in [1.807, 2.05) is 0 Å². The fraction of sp³-hybridized carbons (Fsp3) is 0.143. The summed E-state index contributed by atoms with van der Waals surface area (Å²) in [5, 5.41) is 0. The third-order valence-electron chi connectivity index (χ3n) is 2.51. The maximum atomic E-state index is 13.4. The van der Waals surface area contributed by atoms with E-state index in [0.717, 1.165) is 17.7 Å². The number of rotatable bonds is 4. The van der Waals surface area contributed by atoms with Gasteiger partial charge in [0.1, 0.15) is 5.82 Å². The van der Waals surface area contributed by atoms with Gasteiger partial charge in [0.2, 0.25) is 0 Å². The summed E-state index contributed by atoms with van der Waals surface area (Å²) >= 11 is 2.99. The van der Waals surface area contributed by atoms with Crippen LogP contribution in [0.4, 0.5) is 13.2 Å². The molecule has 100 valence electrons. The molecule has 0 aromatic heterocycles. The number of hydrogen-bond acceptors (Lipinski definition) is 1. The molecule has 0 heterocycles. The number of halogens is 4. The molecule has 0 fully saturated rings. The first-order valence-electron chi connectivity index (χ1n) is 5.58. The van der Waals surface area contributed by atoms with E-state index in [2.05, 4.69) is 15.9 Å². The van der Waals surface area contributed by atoms with Crippen LogP contribution >= 0.6 is 15.9 Å². The molecule has 0 radical (unpaired) electrons. The van der Waals surface area contributed by atoms with E-state index in [-0.39, 0.29) is 12.4 Å². The monoisotopic (exact) mass is 330 g/mol. The second kappa shape index (κ2) is 6.10. The standard InChI is InChI=1S/C14H10BrF3O/c15-10-7-12(17)14(13(18)8-10)19-6-5-9-1-3-11(16)4-2-9/h1-4,7-8H,5-6H2. The van der Waals surface area contributed by atoms with Gasteiger partial charge >= 0.3 is 0 Å². The molecule has 0 saturated heterocycles. The van der Waals surface area contributed by atoms with Crippen LogP contribution in [0.5, 0.6) is 5.75 Å². The average Bonchev–Trinajstić information content (AvgIpc) is 2.34. The molecule has 0 unspecified atom stereocenters. The largest absolute Gasteiger partial charge is 0.487 e. The Morgan fingerprint density at radius 2 is 1.53 bits per heavy atom. The highest BCUT2D eigenvalue weighted by molar-refractivity contribution is 9.10. The van der Waals surface area contributed by atoms with Gasteiger partial charge in [-0.3, -0.25) is 0 Å². The van der Waals surface area contributed by atoms with Crippen molar-refractivity contribution in [2.24, 2.45) is 0 Å². The first kappa shape index (κ1) is 13.9. The summed E-state index contributed by atoms with van der Waals surface area (Å²) < 4.78 is 45.0. The van der Waals surface area contributed by atoms with E-state index in [1.54, 1.807) is 12.1 Å². The van der Waals surface area contributed by atoms with E-state index in [9.17, 15) is 13.2 Å². The Hall–Kier alpha value is -1.49. The molecule has 5 heteroatoms. The zero-order valence-electron chi connectivity index (χ0n) is 9.80. The molecule has 0 aliphatic carbocycles. The molecule has 0 N–H and O–H groups in total. The van der Waals surface area contributed by atoms with Gasteiger partial charge in [0.15, 0.2) is 17.4 Å². The van der Waals surface area contributed by atoms with Crippen molar-refractivity contribution < 1.29 is 17.9 Å². The van der Waals surface area contributed by atoms with E-state index in [4.69, 9.17) is 4.74 Å². The summed E-state index contributed by atoms with van der Waals surface area (Å²) in [5.74, 6) is -2.24. The van der Waals surface area contributed by atoms with Crippen molar-refractivity contribution in [2.45, 2.75) is 6.42 Å². The maximum Gasteiger partial charge on any atom is 0.190 e. The minimum Gasteiger partial charge on any atom is -0.487 e. The van der Waals surface area contributed by atoms with Crippen LogP contribution in [0.25, 0.3) is 0 Å². The number of ether oxygens (including phenoxy) is 1. The lowest BCUT2D eigenvalue weighted by Crippen LogP contribution is -2.04. The van der Waals surface area contributed by atoms with Crippen LogP contribution in [0.2, 0.25) is 0 Å². The van der Waals surface area contributed by atoms with Crippen molar-refractivity contribution in [1.29, 1.82) is 0 Å². The third kappa shape index (κ3) is 3.73. The highest BCUT2D eigenvalue weighted by Gasteiger charge is 2.11. The molecule has 0 aliphatic heterocycles. The maximum absolute atomic E-state index is 13.4. The Bertz CT molecular complexity index is 546. The lowest BCUT2D eigenvalue weighted by atomic mass is 10.2. The van der Waals surface area contributed by atoms with Gasteiger partial charge in [0.05, 0.1) is 6.61 Å². The Labute approximate surface area is 117 Å². The summed E-state index contributed by atoms with van der Waals surface area (Å²) in [6, 6.07) is 8.14. The van der Waals surface area contributed by atoms with Crippen LogP contribution < -0.4 is 4.74 Å². The predicted molar refractivity (Wildman–Crippen MR) is 69.7 cm³/mol. The van der Waals surface area contributed by atoms with E-state index < -0.39 is 17.4 Å². The smallest absolute Gasteiger partial charge is 0.190 e. The highest BCUT2D eigenvalue weighted by atomic mass is 79.9. The number of hydrogen-bond donors (Lipinski definition) is 0. The molecule has 0 bridgehead atoms. The Kier molecular flexibility index (Phi) is 4.47. The normalized spacial score (nSPS) is 10.5. The summed E-state index contributed by atoms with van der Waals surface area (Å²) in [5.41, 5.74) is 0.833. The third-order valence-corrected chi connectivity index (χ3v) is 2.97. The van der Waals surface area contributed by atoms with Crippen molar-refractivity contribution in [1.82, 2.24) is 0 Å². The molecule has 0 atom stereocenters. The van der Waals surface area contributed by atoms with E-state index >= 15 is 0 Å². The zero-order valence-corrected chi connectivity index (χ0v) is 11.4. The van der Waals surface area contributed by atoms with Crippen molar-refractivity contribution in [3.63, 3.8) is 0 Å². The van der Waals surface area contributed by atoms with Crippen LogP contribution in [0.3, 0.4) is 0 Å². The molecular weight excluding hydrogens is 321 g/mol. The summed E-state index contributed by atoms with van der Waals surface area (Å²) in [6.07, 6.45) is 0.440. The van der Waals surface area contributed by atoms with Gasteiger partial charge in [0.25, 0.3) is 0 Å². The fourth-order valence-electron chi connectivity index (χ4n) is 1.59. The summed E-state index contributed by atoms with van der Waals surface area (Å²) in [7, 11) is 0. The van der Waals surface area contributed by atoms with Crippen LogP contribution in [-0.2, 0) is 6.42 Å². The van der Waals surface area contributed by atoms with Gasteiger partial charge in [-0.05, 0) is 29.8 Å². The predicted octanol–water partition coefficient (Wildman–Crippen LogP) is 4.49. The van der Waals surface area contributed by atoms with Gasteiger partial charge in [-0.25, -0.2) is 13.2 Å². The fourth-order valence-corrected chi connectivity index (χ4v) is 1.99. The Morgan fingerprint density at radius 3 is 2.11 bits per heavy atom. The molecule has 2 rings (SSSR count). The molecule has 0 amide bonds. The first-order valence-corrected chi connectivity index (χ1v) is 6.37. The first-order chi connectivity index (χ1) is 9.06. The van der Waals surface area contributed by atoms with E-state index in [1.165, 1.54) is 12.1 Å². The quantitative estimate of drug-likeness (QED) is 0.802. The van der Waals surface area contributed by atoms with Gasteiger partial charge in [0, 0.05) is 10.9 Å². The van der Waals surface area contributed by atoms with Gasteiger partial charge in [-0.15, -0.1) is 0 Å². The number of benzene rings is 2. The van der Waals surface area contributed by atoms with Crippen molar-refractivity contribution in [2.75, 3.05) is 6.61 Å². The molecule has 2 aromatic rings. The second-order valence-electron chi connectivity index (χ2n) is 3.92. The molecule has 19 heavy (non-hydrogen) atoms. The molecule has 2 aromatic carbocycles. The second-order valence-corrected chi connectivity index (χ2v) is 4.84. The Morgan fingerprint density at radius 1 is 0.947 bits per heavy atom. The lowest BCUT2D eigenvalue weighted by Gasteiger charge is -2.08. The average molecular weight is 331 g/mol. The molecule has 0 aliphatic rings. The SMILES string of the molecule is Fc1ccc(CCOc2c(F)cc(Br)cc2F)cc1. The molecule has 1 nitrogen and oxygen atoms in total. The van der Waals surface area contributed by atoms with Crippen molar-refractivity contribution >= 4 is 15.9 Å². The summed E-state index contributed by atoms with van der Waals surface area (Å²) in [6.45, 7) is 0.112. The lowest BCUT2D eigenvalue weighted by molar-refractivity contribution is 0.288. The Balaban J connectivity index is 1.98. The molecule has 0 spiro atoms. The highest BCUT2D eigenvalue weighted by Crippen LogP contribution is 2.25. The minimum atomic E-state index is -0.758. The summed E-state index contributed by atoms with van der Waals surface area (Å²) in [4.78, 5) is 0. The molecule has 0 saturated carbocycles. The van der Waals surface area contributed by atoms with Gasteiger partial charge in [-0.2, -0.15) is 0 Å². The van der Waals surface area contributed by atoms with Crippen LogP contribution in [0.15, 0.2) is 40.9 Å². The van der Waals surface area contributed by atoms with Gasteiger partial charge in [-0.1, -0.05) is 28.1 Å². The van der Waals surface area contributed by atoms with Crippen molar-refractivity contribution in [3.8, 4) is 5.75 Å². The van der Waals surface area contributed by atoms with Crippen LogP contribution in [-0.4, -0.2) is 6.61 Å². The van der Waals surface area contributed by atoms with Gasteiger partial charge < -0.3 is 4.74 Å². The van der Waals surface area contributed by atoms with Crippen molar-refractivity contribution in [3.05, 3.63) is 63.9 Å².